The van der Waals surface area contributed by atoms with Gasteiger partial charge in [-0.1, -0.05) is 22.9 Å². The van der Waals surface area contributed by atoms with Gasteiger partial charge in [0.05, 0.1) is 16.1 Å². The quantitative estimate of drug-likeness (QED) is 0.695. The highest BCUT2D eigenvalue weighted by Crippen LogP contribution is 2.32. The zero-order valence-corrected chi connectivity index (χ0v) is 12.2. The van der Waals surface area contributed by atoms with Crippen LogP contribution in [0, 0.1) is 0 Å². The second-order valence-corrected chi connectivity index (χ2v) is 5.94. The van der Waals surface area contributed by atoms with E-state index in [0.29, 0.717) is 5.69 Å². The van der Waals surface area contributed by atoms with Crippen molar-refractivity contribution in [1.82, 2.24) is 9.97 Å². The largest absolute Gasteiger partial charge is 0.397 e. The zero-order chi connectivity index (χ0) is 12.7. The van der Waals surface area contributed by atoms with Crippen LogP contribution in [0.3, 0.4) is 0 Å². The van der Waals surface area contributed by atoms with E-state index in [1.54, 1.807) is 11.3 Å². The number of anilines is 1. The fourth-order valence-corrected chi connectivity index (χ4v) is 3.45. The van der Waals surface area contributed by atoms with Crippen molar-refractivity contribution < 1.29 is 0 Å². The molecule has 2 aromatic heterocycles. The molecule has 1 aromatic carbocycles. The van der Waals surface area contributed by atoms with Gasteiger partial charge in [-0.25, -0.2) is 4.98 Å². The molecule has 0 bridgehead atoms. The normalized spacial score (nSPS) is 11.2. The monoisotopic (exact) mass is 321 g/mol. The number of imidazole rings is 1. The topological polar surface area (TPSA) is 54.7 Å². The number of halogens is 1. The standard InChI is InChI=1S/C13H12BrN3S/c1-2-7-3-4-18-12(7)13-16-10-6-8(14)5-9(15)11(10)17-13/h3-6H,2,15H2,1H3,(H,16,17). The van der Waals surface area contributed by atoms with Crippen molar-refractivity contribution in [3.8, 4) is 10.7 Å². The molecule has 18 heavy (non-hydrogen) atoms. The van der Waals surface area contributed by atoms with Crippen molar-refractivity contribution >= 4 is 44.0 Å². The van der Waals surface area contributed by atoms with E-state index in [1.165, 1.54) is 10.4 Å². The predicted octanol–water partition coefficient (Wildman–Crippen LogP) is 4.20. The van der Waals surface area contributed by atoms with E-state index in [1.807, 2.05) is 12.1 Å². The van der Waals surface area contributed by atoms with Crippen LogP contribution in [0.15, 0.2) is 28.1 Å². The average Bonchev–Trinajstić information content (AvgIpc) is 2.92. The van der Waals surface area contributed by atoms with E-state index < -0.39 is 0 Å². The Morgan fingerprint density at radius 1 is 1.44 bits per heavy atom. The van der Waals surface area contributed by atoms with Crippen LogP contribution in [0.2, 0.25) is 0 Å². The molecule has 3 nitrogen and oxygen atoms in total. The second-order valence-electron chi connectivity index (χ2n) is 4.11. The third kappa shape index (κ3) is 1.83. The van der Waals surface area contributed by atoms with Gasteiger partial charge in [0.2, 0.25) is 0 Å². The molecule has 0 saturated carbocycles. The number of hydrogen-bond donors (Lipinski definition) is 2. The number of nitrogens with two attached hydrogens (primary N) is 1. The number of thiophene rings is 1. The minimum Gasteiger partial charge on any atom is -0.397 e. The van der Waals surface area contributed by atoms with Crippen LogP contribution >= 0.6 is 27.3 Å². The fraction of sp³-hybridized carbons (Fsp3) is 0.154. The van der Waals surface area contributed by atoms with E-state index in [0.717, 1.165) is 27.8 Å². The summed E-state index contributed by atoms with van der Waals surface area (Å²) in [5.41, 5.74) is 9.79. The Hall–Kier alpha value is -1.33. The summed E-state index contributed by atoms with van der Waals surface area (Å²) in [6, 6.07) is 6.02. The number of benzene rings is 1. The Balaban J connectivity index is 2.22. The predicted molar refractivity (Wildman–Crippen MR) is 80.9 cm³/mol. The van der Waals surface area contributed by atoms with Crippen molar-refractivity contribution in [1.29, 1.82) is 0 Å². The Labute approximate surface area is 117 Å². The molecule has 0 unspecified atom stereocenters. The van der Waals surface area contributed by atoms with E-state index in [4.69, 9.17) is 5.73 Å². The minimum absolute atomic E-state index is 0.691. The van der Waals surface area contributed by atoms with Gasteiger partial charge in [-0.05, 0) is 35.6 Å². The summed E-state index contributed by atoms with van der Waals surface area (Å²) in [7, 11) is 0. The maximum Gasteiger partial charge on any atom is 0.148 e. The van der Waals surface area contributed by atoms with Gasteiger partial charge in [0.25, 0.3) is 0 Å². The number of aromatic amines is 1. The van der Waals surface area contributed by atoms with Gasteiger partial charge >= 0.3 is 0 Å². The van der Waals surface area contributed by atoms with E-state index in [-0.39, 0.29) is 0 Å². The number of fused-ring (bicyclic) bond motifs is 1. The fourth-order valence-electron chi connectivity index (χ4n) is 2.04. The molecule has 0 amide bonds. The summed E-state index contributed by atoms with van der Waals surface area (Å²) in [5.74, 6) is 0.904. The Kier molecular flexibility index (Phi) is 2.87. The number of aryl methyl sites for hydroxylation is 1. The minimum atomic E-state index is 0.691. The van der Waals surface area contributed by atoms with Crippen LogP contribution in [0.25, 0.3) is 21.7 Å². The summed E-state index contributed by atoms with van der Waals surface area (Å²) < 4.78 is 0.963. The number of rotatable bonds is 2. The lowest BCUT2D eigenvalue weighted by Gasteiger charge is -1.95. The molecule has 0 aliphatic heterocycles. The van der Waals surface area contributed by atoms with E-state index >= 15 is 0 Å². The number of H-pyrrole nitrogens is 1. The van der Waals surface area contributed by atoms with Gasteiger partial charge < -0.3 is 10.7 Å². The molecule has 3 N–H and O–H groups in total. The Bertz CT molecular complexity index is 714. The van der Waals surface area contributed by atoms with E-state index in [2.05, 4.69) is 44.3 Å². The first-order chi connectivity index (χ1) is 8.69. The maximum absolute atomic E-state index is 5.99. The first-order valence-electron chi connectivity index (χ1n) is 5.70. The molecular weight excluding hydrogens is 310 g/mol. The number of nitrogen functional groups attached to an aromatic ring is 1. The molecule has 0 spiro atoms. The van der Waals surface area contributed by atoms with Crippen LogP contribution in [-0.2, 0) is 6.42 Å². The third-order valence-corrected chi connectivity index (χ3v) is 4.34. The van der Waals surface area contributed by atoms with Crippen molar-refractivity contribution in [2.75, 3.05) is 5.73 Å². The molecule has 0 fully saturated rings. The van der Waals surface area contributed by atoms with Crippen molar-refractivity contribution in [2.24, 2.45) is 0 Å². The van der Waals surface area contributed by atoms with Crippen molar-refractivity contribution in [3.63, 3.8) is 0 Å². The molecule has 0 radical (unpaired) electrons. The van der Waals surface area contributed by atoms with Gasteiger partial charge in [0, 0.05) is 4.47 Å². The number of nitrogens with zero attached hydrogens (tertiary/aromatic N) is 1. The molecular formula is C13H12BrN3S. The van der Waals surface area contributed by atoms with Crippen molar-refractivity contribution in [3.05, 3.63) is 33.6 Å². The first-order valence-corrected chi connectivity index (χ1v) is 7.37. The maximum atomic E-state index is 5.99. The van der Waals surface area contributed by atoms with Gasteiger partial charge in [-0.2, -0.15) is 0 Å². The molecule has 2 heterocycles. The second kappa shape index (κ2) is 4.40. The number of aromatic nitrogens is 2. The van der Waals surface area contributed by atoms with Crippen LogP contribution in [0.5, 0.6) is 0 Å². The van der Waals surface area contributed by atoms with E-state index in [9.17, 15) is 0 Å². The lowest BCUT2D eigenvalue weighted by Crippen LogP contribution is -1.86. The van der Waals surface area contributed by atoms with Gasteiger partial charge in [0.15, 0.2) is 0 Å². The smallest absolute Gasteiger partial charge is 0.148 e. The number of hydrogen-bond acceptors (Lipinski definition) is 3. The van der Waals surface area contributed by atoms with Gasteiger partial charge in [0.1, 0.15) is 11.3 Å². The number of nitrogens with one attached hydrogen (secondary N) is 1. The molecule has 3 rings (SSSR count). The molecule has 0 atom stereocenters. The van der Waals surface area contributed by atoms with Crippen LogP contribution in [0.1, 0.15) is 12.5 Å². The molecule has 5 heteroatoms. The lowest BCUT2D eigenvalue weighted by molar-refractivity contribution is 1.15. The molecule has 0 aliphatic rings. The third-order valence-electron chi connectivity index (χ3n) is 2.92. The summed E-state index contributed by atoms with van der Waals surface area (Å²) in [6.45, 7) is 2.15. The highest BCUT2D eigenvalue weighted by molar-refractivity contribution is 9.10. The zero-order valence-electron chi connectivity index (χ0n) is 9.83. The van der Waals surface area contributed by atoms with Gasteiger partial charge in [-0.3, -0.25) is 0 Å². The Morgan fingerprint density at radius 3 is 3.06 bits per heavy atom. The summed E-state index contributed by atoms with van der Waals surface area (Å²) in [5, 5.41) is 2.10. The first kappa shape index (κ1) is 11.7. The summed E-state index contributed by atoms with van der Waals surface area (Å²) >= 11 is 5.15. The summed E-state index contributed by atoms with van der Waals surface area (Å²) in [6.07, 6.45) is 1.01. The SMILES string of the molecule is CCc1ccsc1-c1nc2c(N)cc(Br)cc2[nH]1. The average molecular weight is 322 g/mol. The molecule has 3 aromatic rings. The lowest BCUT2D eigenvalue weighted by atomic mass is 10.2. The highest BCUT2D eigenvalue weighted by Gasteiger charge is 2.12. The van der Waals surface area contributed by atoms with Crippen LogP contribution in [-0.4, -0.2) is 9.97 Å². The summed E-state index contributed by atoms with van der Waals surface area (Å²) in [4.78, 5) is 9.16. The molecule has 0 aliphatic carbocycles. The Morgan fingerprint density at radius 2 is 2.28 bits per heavy atom. The van der Waals surface area contributed by atoms with Crippen LogP contribution < -0.4 is 5.73 Å². The molecule has 92 valence electrons. The van der Waals surface area contributed by atoms with Crippen molar-refractivity contribution in [2.45, 2.75) is 13.3 Å². The van der Waals surface area contributed by atoms with Gasteiger partial charge in [-0.15, -0.1) is 11.3 Å². The van der Waals surface area contributed by atoms with Crippen LogP contribution in [0.4, 0.5) is 5.69 Å². The molecule has 0 saturated heterocycles. The highest BCUT2D eigenvalue weighted by atomic mass is 79.9.